The van der Waals surface area contributed by atoms with Gasteiger partial charge in [0.05, 0.1) is 19.3 Å². The molecule has 1 rings (SSSR count). The molecule has 5 nitrogen and oxygen atoms in total. The Hall–Kier alpha value is -2.04. The number of aldehydes is 1. The third kappa shape index (κ3) is 2.31. The third-order valence-electron chi connectivity index (χ3n) is 1.96. The molecule has 0 spiro atoms. The van der Waals surface area contributed by atoms with Crippen LogP contribution in [-0.4, -0.2) is 31.1 Å². The maximum absolute atomic E-state index is 11.4. The van der Waals surface area contributed by atoms with E-state index in [-0.39, 0.29) is 22.6 Å². The van der Waals surface area contributed by atoms with Gasteiger partial charge in [-0.05, 0) is 19.1 Å². The van der Waals surface area contributed by atoms with Crippen molar-refractivity contribution in [3.05, 3.63) is 23.3 Å². The van der Waals surface area contributed by atoms with Crippen LogP contribution < -0.4 is 4.74 Å². The molecule has 86 valence electrons. The first kappa shape index (κ1) is 12.0. The van der Waals surface area contributed by atoms with E-state index in [2.05, 4.69) is 4.74 Å². The second-order valence-electron chi connectivity index (χ2n) is 2.95. The minimum atomic E-state index is -0.629. The number of ether oxygens (including phenoxy) is 2. The fraction of sp³-hybridized carbons (Fsp3) is 0.273. The normalized spacial score (nSPS) is 9.62. The maximum atomic E-state index is 11.4. The molecule has 0 saturated heterocycles. The topological polar surface area (TPSA) is 72.8 Å². The van der Waals surface area contributed by atoms with Gasteiger partial charge in [-0.15, -0.1) is 0 Å². The van der Waals surface area contributed by atoms with Crippen molar-refractivity contribution in [2.45, 2.75) is 6.92 Å². The Labute approximate surface area is 92.6 Å². The molecule has 0 unspecified atom stereocenters. The Morgan fingerprint density at radius 2 is 2.19 bits per heavy atom. The van der Waals surface area contributed by atoms with Gasteiger partial charge in [-0.3, -0.25) is 4.79 Å². The predicted octanol–water partition coefficient (Wildman–Crippen LogP) is 1.39. The fourth-order valence-electron chi connectivity index (χ4n) is 1.22. The minimum Gasteiger partial charge on any atom is -0.507 e. The second kappa shape index (κ2) is 5.16. The number of benzene rings is 1. The summed E-state index contributed by atoms with van der Waals surface area (Å²) < 4.78 is 9.72. The lowest BCUT2D eigenvalue weighted by Crippen LogP contribution is -2.06. The summed E-state index contributed by atoms with van der Waals surface area (Å²) in [6, 6.07) is 2.46. The van der Waals surface area contributed by atoms with E-state index in [1.165, 1.54) is 13.2 Å². The highest BCUT2D eigenvalue weighted by atomic mass is 16.5. The monoisotopic (exact) mass is 224 g/mol. The number of hydrogen-bond donors (Lipinski definition) is 1. The molecule has 0 aliphatic heterocycles. The second-order valence-corrected chi connectivity index (χ2v) is 2.95. The van der Waals surface area contributed by atoms with E-state index in [1.807, 2.05) is 0 Å². The Kier molecular flexibility index (Phi) is 3.88. The van der Waals surface area contributed by atoms with Gasteiger partial charge in [0.2, 0.25) is 0 Å². The first-order valence-corrected chi connectivity index (χ1v) is 4.67. The maximum Gasteiger partial charge on any atom is 0.341 e. The van der Waals surface area contributed by atoms with Crippen molar-refractivity contribution in [1.82, 2.24) is 0 Å². The number of methoxy groups -OCH3 is 1. The lowest BCUT2D eigenvalue weighted by atomic mass is 10.1. The van der Waals surface area contributed by atoms with Crippen LogP contribution >= 0.6 is 0 Å². The van der Waals surface area contributed by atoms with Crippen LogP contribution in [0.4, 0.5) is 0 Å². The molecule has 1 aromatic rings. The molecular weight excluding hydrogens is 212 g/mol. The van der Waals surface area contributed by atoms with Crippen molar-refractivity contribution in [2.75, 3.05) is 13.7 Å². The van der Waals surface area contributed by atoms with Crippen LogP contribution in [0.15, 0.2) is 12.1 Å². The van der Waals surface area contributed by atoms with E-state index in [9.17, 15) is 14.7 Å². The predicted molar refractivity (Wildman–Crippen MR) is 56.0 cm³/mol. The molecule has 16 heavy (non-hydrogen) atoms. The van der Waals surface area contributed by atoms with Gasteiger partial charge in [-0.25, -0.2) is 4.79 Å². The molecule has 1 N–H and O–H groups in total. The molecule has 0 bridgehead atoms. The van der Waals surface area contributed by atoms with E-state index in [4.69, 9.17) is 4.74 Å². The molecule has 0 aliphatic rings. The zero-order valence-electron chi connectivity index (χ0n) is 9.02. The molecule has 0 atom stereocenters. The number of carbonyl (C=O) groups excluding carboxylic acids is 2. The highest BCUT2D eigenvalue weighted by molar-refractivity contribution is 5.95. The average Bonchev–Trinajstić information content (AvgIpc) is 2.30. The molecule has 0 heterocycles. The summed E-state index contributed by atoms with van der Waals surface area (Å²) in [7, 11) is 1.22. The summed E-state index contributed by atoms with van der Waals surface area (Å²) in [5.74, 6) is -0.690. The van der Waals surface area contributed by atoms with Gasteiger partial charge in [-0.2, -0.15) is 0 Å². The van der Waals surface area contributed by atoms with Gasteiger partial charge in [0.1, 0.15) is 17.1 Å². The minimum absolute atomic E-state index is 0.0658. The zero-order valence-corrected chi connectivity index (χ0v) is 9.02. The smallest absolute Gasteiger partial charge is 0.341 e. The standard InChI is InChI=1S/C11H12O5/c1-3-16-10-4-7(6-12)9(13)5-8(10)11(14)15-2/h4-6,13H,3H2,1-2H3. The van der Waals surface area contributed by atoms with E-state index in [1.54, 1.807) is 6.92 Å². The lowest BCUT2D eigenvalue weighted by Gasteiger charge is -2.10. The number of phenolic OH excluding ortho intramolecular Hbond substituents is 1. The Balaban J connectivity index is 3.29. The van der Waals surface area contributed by atoms with Crippen molar-refractivity contribution in [3.63, 3.8) is 0 Å². The first-order chi connectivity index (χ1) is 7.63. The van der Waals surface area contributed by atoms with Crippen molar-refractivity contribution >= 4 is 12.3 Å². The zero-order chi connectivity index (χ0) is 12.1. The molecule has 0 amide bonds. The highest BCUT2D eigenvalue weighted by Crippen LogP contribution is 2.27. The quantitative estimate of drug-likeness (QED) is 0.618. The summed E-state index contributed by atoms with van der Waals surface area (Å²) in [6.07, 6.45) is 0.485. The summed E-state index contributed by atoms with van der Waals surface area (Å²) in [6.45, 7) is 2.08. The fourth-order valence-corrected chi connectivity index (χ4v) is 1.22. The summed E-state index contributed by atoms with van der Waals surface area (Å²) in [5.41, 5.74) is 0.156. The number of rotatable bonds is 4. The molecule has 5 heteroatoms. The summed E-state index contributed by atoms with van der Waals surface area (Å²) in [4.78, 5) is 22.0. The van der Waals surface area contributed by atoms with Crippen molar-refractivity contribution in [1.29, 1.82) is 0 Å². The summed E-state index contributed by atoms with van der Waals surface area (Å²) >= 11 is 0. The first-order valence-electron chi connectivity index (χ1n) is 4.67. The van der Waals surface area contributed by atoms with Gasteiger partial charge >= 0.3 is 5.97 Å². The number of hydrogen-bond acceptors (Lipinski definition) is 5. The van der Waals surface area contributed by atoms with Gasteiger partial charge in [0.15, 0.2) is 6.29 Å². The number of esters is 1. The van der Waals surface area contributed by atoms with E-state index in [0.717, 1.165) is 6.07 Å². The molecule has 1 aromatic carbocycles. The molecule has 0 radical (unpaired) electrons. The largest absolute Gasteiger partial charge is 0.507 e. The molecular formula is C11H12O5. The van der Waals surface area contributed by atoms with E-state index in [0.29, 0.717) is 12.9 Å². The molecule has 0 saturated carbocycles. The van der Waals surface area contributed by atoms with E-state index >= 15 is 0 Å². The van der Waals surface area contributed by atoms with Crippen LogP contribution in [0.5, 0.6) is 11.5 Å². The summed E-state index contributed by atoms with van der Waals surface area (Å²) in [5, 5.41) is 9.43. The van der Waals surface area contributed by atoms with Crippen molar-refractivity contribution in [2.24, 2.45) is 0 Å². The lowest BCUT2D eigenvalue weighted by molar-refractivity contribution is 0.0595. The SMILES string of the molecule is CCOc1cc(C=O)c(O)cc1C(=O)OC. The van der Waals surface area contributed by atoms with Crippen LogP contribution in [-0.2, 0) is 4.74 Å². The van der Waals surface area contributed by atoms with Gasteiger partial charge in [0.25, 0.3) is 0 Å². The van der Waals surface area contributed by atoms with Crippen LogP contribution in [0.3, 0.4) is 0 Å². The molecule has 0 aliphatic carbocycles. The van der Waals surface area contributed by atoms with Crippen LogP contribution in [0.25, 0.3) is 0 Å². The van der Waals surface area contributed by atoms with Gasteiger partial charge in [-0.1, -0.05) is 0 Å². The van der Waals surface area contributed by atoms with Crippen LogP contribution in [0, 0.1) is 0 Å². The highest BCUT2D eigenvalue weighted by Gasteiger charge is 2.16. The molecule has 0 fully saturated rings. The molecule has 0 aromatic heterocycles. The Morgan fingerprint density at radius 1 is 1.50 bits per heavy atom. The van der Waals surface area contributed by atoms with Crippen LogP contribution in [0.1, 0.15) is 27.6 Å². The average molecular weight is 224 g/mol. The Morgan fingerprint density at radius 3 is 2.69 bits per heavy atom. The van der Waals surface area contributed by atoms with Crippen molar-refractivity contribution in [3.8, 4) is 11.5 Å². The number of aromatic hydroxyl groups is 1. The van der Waals surface area contributed by atoms with E-state index < -0.39 is 5.97 Å². The van der Waals surface area contributed by atoms with Crippen LogP contribution in [0.2, 0.25) is 0 Å². The van der Waals surface area contributed by atoms with Crippen molar-refractivity contribution < 1.29 is 24.2 Å². The van der Waals surface area contributed by atoms with Gasteiger partial charge < -0.3 is 14.6 Å². The Bertz CT molecular complexity index is 411. The number of phenols is 1. The number of carbonyl (C=O) groups is 2. The van der Waals surface area contributed by atoms with Gasteiger partial charge in [0, 0.05) is 0 Å². The third-order valence-corrected chi connectivity index (χ3v) is 1.96.